The largest absolute Gasteiger partial charge is 0.394 e. The van der Waals surface area contributed by atoms with Crippen LogP contribution < -0.4 is 0 Å². The first-order chi connectivity index (χ1) is 10.3. The predicted octanol–water partition coefficient (Wildman–Crippen LogP) is 0.0802. The zero-order chi connectivity index (χ0) is 16.0. The summed E-state index contributed by atoms with van der Waals surface area (Å²) in [7, 11) is 0. The van der Waals surface area contributed by atoms with Crippen LogP contribution in [0.3, 0.4) is 0 Å². The molecule has 0 aromatic rings. The van der Waals surface area contributed by atoms with Crippen LogP contribution in [0.4, 0.5) is 0 Å². The zero-order valence-corrected chi connectivity index (χ0v) is 13.4. The molecule has 130 valence electrons. The summed E-state index contributed by atoms with van der Waals surface area (Å²) in [5.74, 6) is 0. The lowest BCUT2D eigenvalue weighted by molar-refractivity contribution is 0.0195. The molecule has 0 saturated heterocycles. The summed E-state index contributed by atoms with van der Waals surface area (Å²) in [5.41, 5.74) is 0. The van der Waals surface area contributed by atoms with Gasteiger partial charge in [-0.3, -0.25) is 0 Å². The van der Waals surface area contributed by atoms with E-state index in [4.69, 9.17) is 33.9 Å². The topological polar surface area (TPSA) is 86.6 Å². The van der Waals surface area contributed by atoms with E-state index in [0.29, 0.717) is 52.9 Å². The van der Waals surface area contributed by atoms with Crippen molar-refractivity contribution in [1.82, 2.24) is 0 Å². The van der Waals surface area contributed by atoms with Crippen LogP contribution in [0.15, 0.2) is 0 Å². The molecule has 0 atom stereocenters. The van der Waals surface area contributed by atoms with Crippen LogP contribution in [0, 0.1) is 0 Å². The monoisotopic (exact) mass is 312 g/mol. The maximum absolute atomic E-state index is 8.26. The SMILES string of the molecule is CCOCCOCCOCC.OCCOCCOCCO. The van der Waals surface area contributed by atoms with Gasteiger partial charge in [0.25, 0.3) is 0 Å². The third-order valence-corrected chi connectivity index (χ3v) is 2.00. The molecule has 0 amide bonds. The Labute approximate surface area is 128 Å². The molecule has 0 radical (unpaired) electrons. The molecule has 0 aliphatic rings. The molecule has 0 unspecified atom stereocenters. The molecule has 0 aromatic heterocycles. The van der Waals surface area contributed by atoms with Crippen molar-refractivity contribution in [2.45, 2.75) is 13.8 Å². The Bertz CT molecular complexity index is 142. The Morgan fingerprint density at radius 2 is 0.762 bits per heavy atom. The van der Waals surface area contributed by atoms with Crippen LogP contribution in [-0.4, -0.2) is 89.5 Å². The van der Waals surface area contributed by atoms with Gasteiger partial charge in [0.05, 0.1) is 66.1 Å². The average Bonchev–Trinajstić information content (AvgIpc) is 2.51. The van der Waals surface area contributed by atoms with Crippen molar-refractivity contribution in [2.24, 2.45) is 0 Å². The van der Waals surface area contributed by atoms with Gasteiger partial charge < -0.3 is 33.9 Å². The van der Waals surface area contributed by atoms with Gasteiger partial charge in [-0.25, -0.2) is 0 Å². The van der Waals surface area contributed by atoms with Crippen molar-refractivity contribution in [3.8, 4) is 0 Å². The van der Waals surface area contributed by atoms with Gasteiger partial charge in [0.2, 0.25) is 0 Å². The van der Waals surface area contributed by atoms with Crippen molar-refractivity contribution in [1.29, 1.82) is 0 Å². The normalized spacial score (nSPS) is 10.3. The maximum Gasteiger partial charge on any atom is 0.0701 e. The standard InChI is InChI=1S/C8H18O3.C6H14O4/c1-3-9-5-7-11-8-6-10-4-2;7-1-3-9-5-6-10-4-2-8/h3-8H2,1-2H3;7-8H,1-6H2. The van der Waals surface area contributed by atoms with Crippen molar-refractivity contribution >= 4 is 0 Å². The smallest absolute Gasteiger partial charge is 0.0701 e. The Kier molecular flexibility index (Phi) is 27.1. The van der Waals surface area contributed by atoms with Crippen LogP contribution >= 0.6 is 0 Å². The van der Waals surface area contributed by atoms with Gasteiger partial charge in [-0.15, -0.1) is 0 Å². The van der Waals surface area contributed by atoms with Gasteiger partial charge in [0.1, 0.15) is 0 Å². The first-order valence-corrected chi connectivity index (χ1v) is 7.43. The number of aliphatic hydroxyl groups is 2. The summed E-state index contributed by atoms with van der Waals surface area (Å²) >= 11 is 0. The van der Waals surface area contributed by atoms with Crippen molar-refractivity contribution in [3.05, 3.63) is 0 Å². The Balaban J connectivity index is 0. The summed E-state index contributed by atoms with van der Waals surface area (Å²) < 4.78 is 25.1. The second kappa shape index (κ2) is 24.7. The molecule has 0 saturated carbocycles. The highest BCUT2D eigenvalue weighted by molar-refractivity contribution is 4.31. The minimum absolute atomic E-state index is 0.0417. The Morgan fingerprint density at radius 1 is 0.476 bits per heavy atom. The van der Waals surface area contributed by atoms with Gasteiger partial charge >= 0.3 is 0 Å². The number of hydrogen-bond donors (Lipinski definition) is 2. The number of rotatable bonds is 15. The van der Waals surface area contributed by atoms with Crippen molar-refractivity contribution in [2.75, 3.05) is 79.3 Å². The lowest BCUT2D eigenvalue weighted by Crippen LogP contribution is -2.09. The Hall–Kier alpha value is -0.280. The summed E-state index contributed by atoms with van der Waals surface area (Å²) in [6.07, 6.45) is 0. The van der Waals surface area contributed by atoms with Crippen LogP contribution in [0.25, 0.3) is 0 Å². The highest BCUT2D eigenvalue weighted by atomic mass is 16.5. The molecular weight excluding hydrogens is 280 g/mol. The van der Waals surface area contributed by atoms with E-state index in [9.17, 15) is 0 Å². The van der Waals surface area contributed by atoms with E-state index in [1.54, 1.807) is 0 Å². The van der Waals surface area contributed by atoms with Crippen LogP contribution in [0.2, 0.25) is 0 Å². The maximum atomic E-state index is 8.26. The minimum atomic E-state index is 0.0417. The Morgan fingerprint density at radius 3 is 1.05 bits per heavy atom. The first-order valence-electron chi connectivity index (χ1n) is 7.43. The molecule has 0 fully saturated rings. The lowest BCUT2D eigenvalue weighted by atomic mass is 10.7. The molecule has 7 heteroatoms. The molecule has 0 aliphatic carbocycles. The van der Waals surface area contributed by atoms with E-state index in [0.717, 1.165) is 13.2 Å². The van der Waals surface area contributed by atoms with Gasteiger partial charge in [0, 0.05) is 13.2 Å². The molecule has 0 rings (SSSR count). The van der Waals surface area contributed by atoms with Gasteiger partial charge in [0.15, 0.2) is 0 Å². The van der Waals surface area contributed by atoms with Crippen LogP contribution in [-0.2, 0) is 23.7 Å². The zero-order valence-electron chi connectivity index (χ0n) is 13.4. The van der Waals surface area contributed by atoms with Gasteiger partial charge in [-0.05, 0) is 13.8 Å². The third kappa shape index (κ3) is 28.6. The fraction of sp³-hybridized carbons (Fsp3) is 1.00. The molecule has 2 N–H and O–H groups in total. The number of ether oxygens (including phenoxy) is 5. The molecule has 21 heavy (non-hydrogen) atoms. The second-order valence-electron chi connectivity index (χ2n) is 3.68. The molecule has 0 aromatic carbocycles. The molecule has 0 bridgehead atoms. The van der Waals surface area contributed by atoms with Crippen LogP contribution in [0.5, 0.6) is 0 Å². The van der Waals surface area contributed by atoms with E-state index in [1.807, 2.05) is 13.8 Å². The number of aliphatic hydroxyl groups excluding tert-OH is 2. The number of hydrogen-bond acceptors (Lipinski definition) is 7. The average molecular weight is 312 g/mol. The summed E-state index contributed by atoms with van der Waals surface area (Å²) in [5, 5.41) is 16.5. The fourth-order valence-corrected chi connectivity index (χ4v) is 1.08. The highest BCUT2D eigenvalue weighted by Gasteiger charge is 1.88. The molecule has 0 spiro atoms. The van der Waals surface area contributed by atoms with Gasteiger partial charge in [-0.2, -0.15) is 0 Å². The highest BCUT2D eigenvalue weighted by Crippen LogP contribution is 1.79. The van der Waals surface area contributed by atoms with E-state index in [2.05, 4.69) is 0 Å². The predicted molar refractivity (Wildman–Crippen MR) is 79.6 cm³/mol. The van der Waals surface area contributed by atoms with Crippen molar-refractivity contribution in [3.63, 3.8) is 0 Å². The molecule has 7 nitrogen and oxygen atoms in total. The first kappa shape index (κ1) is 23.0. The van der Waals surface area contributed by atoms with Crippen LogP contribution in [0.1, 0.15) is 13.8 Å². The molecule has 0 heterocycles. The quantitative estimate of drug-likeness (QED) is 0.414. The minimum Gasteiger partial charge on any atom is -0.394 e. The molecule has 0 aliphatic heterocycles. The summed E-state index contributed by atoms with van der Waals surface area (Å²) in [6.45, 7) is 9.89. The van der Waals surface area contributed by atoms with Gasteiger partial charge in [-0.1, -0.05) is 0 Å². The van der Waals surface area contributed by atoms with E-state index in [-0.39, 0.29) is 13.2 Å². The molecular formula is C14H32O7. The van der Waals surface area contributed by atoms with Crippen molar-refractivity contribution < 1.29 is 33.9 Å². The third-order valence-electron chi connectivity index (χ3n) is 2.00. The summed E-state index contributed by atoms with van der Waals surface area (Å²) in [6, 6.07) is 0. The van der Waals surface area contributed by atoms with E-state index >= 15 is 0 Å². The van der Waals surface area contributed by atoms with E-state index in [1.165, 1.54) is 0 Å². The second-order valence-corrected chi connectivity index (χ2v) is 3.68. The lowest BCUT2D eigenvalue weighted by Gasteiger charge is -2.03. The fourth-order valence-electron chi connectivity index (χ4n) is 1.08. The van der Waals surface area contributed by atoms with E-state index < -0.39 is 0 Å². The summed E-state index contributed by atoms with van der Waals surface area (Å²) in [4.78, 5) is 0.